The lowest BCUT2D eigenvalue weighted by molar-refractivity contribution is -0.118. The molecule has 1 spiro atoms. The van der Waals surface area contributed by atoms with Crippen LogP contribution in [0.4, 0.5) is 5.69 Å². The molecular weight excluding hydrogens is 382 g/mol. The second-order valence-corrected chi connectivity index (χ2v) is 9.16. The van der Waals surface area contributed by atoms with Gasteiger partial charge in [-0.15, -0.1) is 0 Å². The number of rotatable bonds is 3. The third-order valence-corrected chi connectivity index (χ3v) is 7.23. The van der Waals surface area contributed by atoms with Crippen LogP contribution in [0.25, 0.3) is 0 Å². The van der Waals surface area contributed by atoms with Crippen LogP contribution in [0.15, 0.2) is 48.5 Å². The molecule has 0 radical (unpaired) electrons. The number of benzene rings is 2. The van der Waals surface area contributed by atoms with Crippen molar-refractivity contribution in [2.75, 3.05) is 25.5 Å². The van der Waals surface area contributed by atoms with Crippen LogP contribution in [0.2, 0.25) is 5.02 Å². The highest BCUT2D eigenvalue weighted by atomic mass is 35.5. The predicted octanol–water partition coefficient (Wildman–Crippen LogP) is 4.97. The fraction of sp³-hybridized carbons (Fsp3) is 0.417. The average Bonchev–Trinajstić information content (AvgIpc) is 3.04. The Balaban J connectivity index is 1.58. The maximum Gasteiger partial charge on any atom is 0.227 e. The number of hydrogen-bond acceptors (Lipinski definition) is 3. The van der Waals surface area contributed by atoms with E-state index in [4.69, 9.17) is 11.6 Å². The van der Waals surface area contributed by atoms with E-state index in [1.54, 1.807) is 23.1 Å². The van der Waals surface area contributed by atoms with Crippen LogP contribution in [0.5, 0.6) is 0 Å². The average molecular weight is 408 g/mol. The molecule has 0 atom stereocenters. The molecule has 4 rings (SSSR count). The Hall–Kier alpha value is -2.35. The SMILES string of the molecule is CN(C)[C@]1(c2ccccc2)CC[C@@]2(CC1)CC(=O)N(c1ccc(Cl)cc1C#N)C2. The molecular formula is C24H26ClN3O. The fourth-order valence-electron chi connectivity index (χ4n) is 5.22. The van der Waals surface area contributed by atoms with Gasteiger partial charge in [0.2, 0.25) is 5.91 Å². The van der Waals surface area contributed by atoms with Gasteiger partial charge in [0.25, 0.3) is 0 Å². The highest BCUT2D eigenvalue weighted by Gasteiger charge is 2.50. The van der Waals surface area contributed by atoms with E-state index in [2.05, 4.69) is 55.4 Å². The molecule has 1 heterocycles. The van der Waals surface area contributed by atoms with Crippen molar-refractivity contribution < 1.29 is 4.79 Å². The lowest BCUT2D eigenvalue weighted by Crippen LogP contribution is -2.47. The van der Waals surface area contributed by atoms with Crippen molar-refractivity contribution in [3.63, 3.8) is 0 Å². The van der Waals surface area contributed by atoms with Gasteiger partial charge < -0.3 is 4.90 Å². The summed E-state index contributed by atoms with van der Waals surface area (Å²) in [4.78, 5) is 17.1. The number of halogens is 1. The van der Waals surface area contributed by atoms with E-state index < -0.39 is 0 Å². The molecule has 2 fully saturated rings. The summed E-state index contributed by atoms with van der Waals surface area (Å²) in [5.41, 5.74) is 2.50. The molecule has 1 saturated heterocycles. The summed E-state index contributed by atoms with van der Waals surface area (Å²) in [5.74, 6) is 0.112. The first-order valence-corrected chi connectivity index (χ1v) is 10.5. The maximum atomic E-state index is 12.9. The molecule has 150 valence electrons. The molecule has 5 heteroatoms. The first-order chi connectivity index (χ1) is 13.9. The van der Waals surface area contributed by atoms with Crippen molar-refractivity contribution >= 4 is 23.2 Å². The normalized spacial score (nSPS) is 26.9. The van der Waals surface area contributed by atoms with Gasteiger partial charge in [-0.1, -0.05) is 41.9 Å². The van der Waals surface area contributed by atoms with Crippen LogP contribution in [-0.4, -0.2) is 31.4 Å². The van der Waals surface area contributed by atoms with Crippen molar-refractivity contribution in [1.29, 1.82) is 5.26 Å². The summed E-state index contributed by atoms with van der Waals surface area (Å²) < 4.78 is 0. The Morgan fingerprint density at radius 3 is 2.38 bits per heavy atom. The van der Waals surface area contributed by atoms with Gasteiger partial charge in [0, 0.05) is 23.5 Å². The quantitative estimate of drug-likeness (QED) is 0.721. The third-order valence-electron chi connectivity index (χ3n) is 7.00. The Morgan fingerprint density at radius 2 is 1.76 bits per heavy atom. The highest BCUT2D eigenvalue weighted by Crippen LogP contribution is 2.52. The number of nitriles is 1. The standard InChI is InChI=1S/C24H26ClN3O/c1-27(2)24(19-6-4-3-5-7-19)12-10-23(11-13-24)15-22(29)28(17-23)21-9-8-20(25)14-18(21)16-26/h3-9,14H,10-13,15,17H2,1-2H3/t23-,24-. The zero-order chi connectivity index (χ0) is 20.6. The van der Waals surface area contributed by atoms with E-state index in [0.29, 0.717) is 29.2 Å². The summed E-state index contributed by atoms with van der Waals surface area (Å²) in [6.45, 7) is 0.681. The Kier molecular flexibility index (Phi) is 5.14. The molecule has 2 aliphatic rings. The Bertz CT molecular complexity index is 956. The van der Waals surface area contributed by atoms with Gasteiger partial charge in [-0.05, 0) is 69.0 Å². The zero-order valence-corrected chi connectivity index (χ0v) is 17.7. The maximum absolute atomic E-state index is 12.9. The van der Waals surface area contributed by atoms with Crippen molar-refractivity contribution in [3.05, 3.63) is 64.7 Å². The van der Waals surface area contributed by atoms with Gasteiger partial charge in [-0.2, -0.15) is 5.26 Å². The monoisotopic (exact) mass is 407 g/mol. The molecule has 0 bridgehead atoms. The van der Waals surface area contributed by atoms with Gasteiger partial charge in [0.1, 0.15) is 6.07 Å². The summed E-state index contributed by atoms with van der Waals surface area (Å²) in [6, 6.07) is 18.1. The lowest BCUT2D eigenvalue weighted by atomic mass is 9.64. The van der Waals surface area contributed by atoms with E-state index >= 15 is 0 Å². The second kappa shape index (κ2) is 7.48. The van der Waals surface area contributed by atoms with Gasteiger partial charge in [-0.25, -0.2) is 0 Å². The van der Waals surface area contributed by atoms with Crippen LogP contribution in [0.3, 0.4) is 0 Å². The molecule has 0 N–H and O–H groups in total. The van der Waals surface area contributed by atoms with E-state index in [9.17, 15) is 10.1 Å². The summed E-state index contributed by atoms with van der Waals surface area (Å²) in [6.07, 6.45) is 4.60. The molecule has 2 aromatic rings. The zero-order valence-electron chi connectivity index (χ0n) is 17.0. The van der Waals surface area contributed by atoms with Gasteiger partial charge >= 0.3 is 0 Å². The largest absolute Gasteiger partial charge is 0.311 e. The van der Waals surface area contributed by atoms with Crippen LogP contribution < -0.4 is 4.90 Å². The number of nitrogens with zero attached hydrogens (tertiary/aromatic N) is 3. The Labute approximate surface area is 177 Å². The second-order valence-electron chi connectivity index (χ2n) is 8.72. The summed E-state index contributed by atoms with van der Waals surface area (Å²) in [7, 11) is 4.31. The number of amides is 1. The van der Waals surface area contributed by atoms with Crippen molar-refractivity contribution in [2.24, 2.45) is 5.41 Å². The molecule has 1 aliphatic heterocycles. The number of anilines is 1. The number of hydrogen-bond donors (Lipinski definition) is 0. The molecule has 2 aromatic carbocycles. The fourth-order valence-corrected chi connectivity index (χ4v) is 5.39. The molecule has 1 amide bonds. The summed E-state index contributed by atoms with van der Waals surface area (Å²) >= 11 is 6.04. The van der Waals surface area contributed by atoms with Crippen LogP contribution in [-0.2, 0) is 10.3 Å². The smallest absolute Gasteiger partial charge is 0.227 e. The minimum absolute atomic E-state index is 0.0149. The topological polar surface area (TPSA) is 47.3 Å². The van der Waals surface area contributed by atoms with Crippen molar-refractivity contribution in [3.8, 4) is 6.07 Å². The van der Waals surface area contributed by atoms with E-state index in [1.807, 2.05) is 0 Å². The highest BCUT2D eigenvalue weighted by molar-refractivity contribution is 6.30. The molecule has 1 saturated carbocycles. The van der Waals surface area contributed by atoms with Crippen molar-refractivity contribution in [1.82, 2.24) is 4.90 Å². The van der Waals surface area contributed by atoms with Gasteiger partial charge in [-0.3, -0.25) is 9.69 Å². The molecule has 1 aliphatic carbocycles. The minimum Gasteiger partial charge on any atom is -0.311 e. The molecule has 0 unspecified atom stereocenters. The summed E-state index contributed by atoms with van der Waals surface area (Å²) in [5, 5.41) is 10.0. The van der Waals surface area contributed by atoms with Crippen LogP contribution in [0.1, 0.15) is 43.2 Å². The van der Waals surface area contributed by atoms with E-state index in [1.165, 1.54) is 5.56 Å². The minimum atomic E-state index is -0.0161. The first kappa shape index (κ1) is 19.9. The van der Waals surface area contributed by atoms with Crippen LogP contribution in [0, 0.1) is 16.7 Å². The number of carbonyl (C=O) groups is 1. The van der Waals surface area contributed by atoms with E-state index in [0.717, 1.165) is 25.7 Å². The van der Waals surface area contributed by atoms with Gasteiger partial charge in [0.15, 0.2) is 0 Å². The van der Waals surface area contributed by atoms with Crippen molar-refractivity contribution in [2.45, 2.75) is 37.6 Å². The van der Waals surface area contributed by atoms with E-state index in [-0.39, 0.29) is 16.9 Å². The Morgan fingerprint density at radius 1 is 1.07 bits per heavy atom. The molecule has 29 heavy (non-hydrogen) atoms. The molecule has 0 aromatic heterocycles. The van der Waals surface area contributed by atoms with Crippen LogP contribution >= 0.6 is 11.6 Å². The van der Waals surface area contributed by atoms with Gasteiger partial charge in [0.05, 0.1) is 11.3 Å². The lowest BCUT2D eigenvalue weighted by Gasteiger charge is -2.48. The predicted molar refractivity (Wildman–Crippen MR) is 116 cm³/mol. The molecule has 4 nitrogen and oxygen atoms in total. The first-order valence-electron chi connectivity index (χ1n) is 10.1. The third kappa shape index (κ3) is 3.43. The number of carbonyl (C=O) groups excluding carboxylic acids is 1.